The van der Waals surface area contributed by atoms with E-state index in [1.807, 2.05) is 18.2 Å². The van der Waals surface area contributed by atoms with E-state index in [0.29, 0.717) is 11.4 Å². The van der Waals surface area contributed by atoms with Gasteiger partial charge in [0.15, 0.2) is 0 Å². The Balaban J connectivity index is 2.21. The Morgan fingerprint density at radius 3 is 2.59 bits per heavy atom. The van der Waals surface area contributed by atoms with Crippen LogP contribution in [0.5, 0.6) is 0 Å². The first kappa shape index (κ1) is 9.97. The monoisotopic (exact) mass is 222 g/mol. The second kappa shape index (κ2) is 3.67. The molecule has 2 aliphatic carbocycles. The molecule has 0 saturated carbocycles. The van der Waals surface area contributed by atoms with Crippen LogP contribution in [0.4, 0.5) is 0 Å². The van der Waals surface area contributed by atoms with Crippen LogP contribution in [0.2, 0.25) is 0 Å². The maximum atomic E-state index is 5.95. The molecular formula is C15H14N2. The van der Waals surface area contributed by atoms with Gasteiger partial charge in [0.05, 0.1) is 11.4 Å². The second-order valence-corrected chi connectivity index (χ2v) is 4.38. The van der Waals surface area contributed by atoms with Crippen molar-refractivity contribution in [2.45, 2.75) is 5.92 Å². The summed E-state index contributed by atoms with van der Waals surface area (Å²) in [5.41, 5.74) is 16.8. The number of allylic oxidation sites excluding steroid dienone is 5. The second-order valence-electron chi connectivity index (χ2n) is 4.38. The van der Waals surface area contributed by atoms with Crippen molar-refractivity contribution >= 4 is 6.08 Å². The third kappa shape index (κ3) is 1.68. The van der Waals surface area contributed by atoms with E-state index in [4.69, 9.17) is 11.5 Å². The van der Waals surface area contributed by atoms with Crippen molar-refractivity contribution in [1.29, 1.82) is 0 Å². The first-order chi connectivity index (χ1) is 8.24. The van der Waals surface area contributed by atoms with Gasteiger partial charge in [-0.25, -0.2) is 0 Å². The number of nitrogens with two attached hydrogens (primary N) is 2. The van der Waals surface area contributed by atoms with Gasteiger partial charge in [-0.1, -0.05) is 42.5 Å². The molecule has 0 saturated heterocycles. The molecular weight excluding hydrogens is 208 g/mol. The van der Waals surface area contributed by atoms with Gasteiger partial charge in [0.25, 0.3) is 0 Å². The molecule has 0 heterocycles. The molecule has 0 aliphatic heterocycles. The minimum atomic E-state index is 0.202. The van der Waals surface area contributed by atoms with Gasteiger partial charge >= 0.3 is 0 Å². The summed E-state index contributed by atoms with van der Waals surface area (Å²) in [5, 5.41) is 0. The Bertz CT molecular complexity index is 589. The lowest BCUT2D eigenvalue weighted by molar-refractivity contribution is 1.05. The third-order valence-corrected chi connectivity index (χ3v) is 3.20. The highest BCUT2D eigenvalue weighted by Crippen LogP contribution is 2.31. The molecule has 0 aromatic heterocycles. The molecule has 0 spiro atoms. The Hall–Kier alpha value is -2.22. The van der Waals surface area contributed by atoms with Crippen molar-refractivity contribution in [1.82, 2.24) is 0 Å². The van der Waals surface area contributed by atoms with Gasteiger partial charge in [0.2, 0.25) is 0 Å². The van der Waals surface area contributed by atoms with E-state index >= 15 is 0 Å². The zero-order valence-corrected chi connectivity index (χ0v) is 9.43. The first-order valence-electron chi connectivity index (χ1n) is 5.68. The number of hydrogen-bond donors (Lipinski definition) is 2. The average molecular weight is 222 g/mol. The fraction of sp³-hybridized carbons (Fsp3) is 0.0667. The van der Waals surface area contributed by atoms with Gasteiger partial charge in [0, 0.05) is 5.92 Å². The van der Waals surface area contributed by atoms with Crippen LogP contribution in [0.3, 0.4) is 0 Å². The van der Waals surface area contributed by atoms with Gasteiger partial charge in [-0.05, 0) is 28.9 Å². The molecule has 2 nitrogen and oxygen atoms in total. The van der Waals surface area contributed by atoms with E-state index in [1.54, 1.807) is 0 Å². The van der Waals surface area contributed by atoms with Gasteiger partial charge in [-0.15, -0.1) is 0 Å². The molecule has 2 heteroatoms. The topological polar surface area (TPSA) is 52.0 Å². The van der Waals surface area contributed by atoms with Crippen molar-refractivity contribution in [3.63, 3.8) is 0 Å². The zero-order chi connectivity index (χ0) is 11.8. The van der Waals surface area contributed by atoms with E-state index in [2.05, 4.69) is 36.4 Å². The number of hydrogen-bond acceptors (Lipinski definition) is 2. The number of benzene rings is 1. The molecule has 0 radical (unpaired) electrons. The van der Waals surface area contributed by atoms with Gasteiger partial charge < -0.3 is 11.5 Å². The summed E-state index contributed by atoms with van der Waals surface area (Å²) in [6.07, 6.45) is 10.3. The molecule has 17 heavy (non-hydrogen) atoms. The SMILES string of the molecule is NC1=CC2=CC(C=C1N)c1ccccc1C=C2. The quantitative estimate of drug-likeness (QED) is 0.708. The Morgan fingerprint density at radius 1 is 0.882 bits per heavy atom. The Kier molecular flexibility index (Phi) is 2.15. The minimum absolute atomic E-state index is 0.202. The number of rotatable bonds is 0. The van der Waals surface area contributed by atoms with Crippen LogP contribution in [0, 0.1) is 0 Å². The van der Waals surface area contributed by atoms with Crippen LogP contribution in [0.25, 0.3) is 6.08 Å². The maximum Gasteiger partial charge on any atom is 0.0550 e. The summed E-state index contributed by atoms with van der Waals surface area (Å²) < 4.78 is 0. The molecule has 1 unspecified atom stereocenters. The van der Waals surface area contributed by atoms with E-state index in [1.165, 1.54) is 11.1 Å². The summed E-state index contributed by atoms with van der Waals surface area (Å²) in [7, 11) is 0. The highest BCUT2D eigenvalue weighted by molar-refractivity contribution is 5.64. The molecule has 1 aromatic rings. The third-order valence-electron chi connectivity index (χ3n) is 3.20. The fourth-order valence-corrected chi connectivity index (χ4v) is 2.29. The van der Waals surface area contributed by atoms with E-state index < -0.39 is 0 Å². The van der Waals surface area contributed by atoms with E-state index in [-0.39, 0.29) is 5.92 Å². The largest absolute Gasteiger partial charge is 0.397 e. The molecule has 4 N–H and O–H groups in total. The average Bonchev–Trinajstić information content (AvgIpc) is 2.58. The van der Waals surface area contributed by atoms with Gasteiger partial charge in [-0.3, -0.25) is 0 Å². The molecule has 84 valence electrons. The van der Waals surface area contributed by atoms with Crippen LogP contribution in [-0.4, -0.2) is 0 Å². The van der Waals surface area contributed by atoms with Crippen LogP contribution in [0.1, 0.15) is 17.0 Å². The smallest absolute Gasteiger partial charge is 0.0550 e. The summed E-state index contributed by atoms with van der Waals surface area (Å²) in [5.74, 6) is 0.202. The maximum absolute atomic E-state index is 5.95. The molecule has 1 atom stereocenters. The molecule has 2 bridgehead atoms. The van der Waals surface area contributed by atoms with Crippen molar-refractivity contribution in [3.8, 4) is 0 Å². The lowest BCUT2D eigenvalue weighted by Gasteiger charge is -2.11. The lowest BCUT2D eigenvalue weighted by Crippen LogP contribution is -2.09. The predicted molar refractivity (Wildman–Crippen MR) is 70.8 cm³/mol. The van der Waals surface area contributed by atoms with Crippen LogP contribution < -0.4 is 11.5 Å². The summed E-state index contributed by atoms with van der Waals surface area (Å²) in [4.78, 5) is 0. The van der Waals surface area contributed by atoms with Crippen molar-refractivity contribution in [3.05, 3.63) is 76.7 Å². The zero-order valence-electron chi connectivity index (χ0n) is 9.43. The molecule has 2 aliphatic rings. The molecule has 3 rings (SSSR count). The lowest BCUT2D eigenvalue weighted by atomic mass is 9.94. The van der Waals surface area contributed by atoms with Crippen molar-refractivity contribution in [2.75, 3.05) is 0 Å². The highest BCUT2D eigenvalue weighted by atomic mass is 14.7. The van der Waals surface area contributed by atoms with Crippen LogP contribution >= 0.6 is 0 Å². The van der Waals surface area contributed by atoms with E-state index in [9.17, 15) is 0 Å². The molecule has 0 amide bonds. The van der Waals surface area contributed by atoms with Crippen LogP contribution in [-0.2, 0) is 0 Å². The normalized spacial score (nSPS) is 21.6. The number of fused-ring (bicyclic) bond motifs is 3. The Morgan fingerprint density at radius 2 is 1.71 bits per heavy atom. The summed E-state index contributed by atoms with van der Waals surface area (Å²) in [6, 6.07) is 8.36. The van der Waals surface area contributed by atoms with Crippen molar-refractivity contribution in [2.24, 2.45) is 11.5 Å². The Labute approximate surface area is 101 Å². The van der Waals surface area contributed by atoms with Crippen molar-refractivity contribution < 1.29 is 0 Å². The van der Waals surface area contributed by atoms with Crippen LogP contribution in [0.15, 0.2) is 65.5 Å². The minimum Gasteiger partial charge on any atom is -0.397 e. The molecule has 1 aromatic carbocycles. The van der Waals surface area contributed by atoms with E-state index in [0.717, 1.165) is 5.57 Å². The molecule has 0 fully saturated rings. The highest BCUT2D eigenvalue weighted by Gasteiger charge is 2.16. The summed E-state index contributed by atoms with van der Waals surface area (Å²) >= 11 is 0. The predicted octanol–water partition coefficient (Wildman–Crippen LogP) is 2.42. The fourth-order valence-electron chi connectivity index (χ4n) is 2.29. The summed E-state index contributed by atoms with van der Waals surface area (Å²) in [6.45, 7) is 0. The van der Waals surface area contributed by atoms with Gasteiger partial charge in [-0.2, -0.15) is 0 Å². The van der Waals surface area contributed by atoms with Gasteiger partial charge in [0.1, 0.15) is 0 Å². The first-order valence-corrected chi connectivity index (χ1v) is 5.68. The standard InChI is InChI=1S/C15H14N2/c16-14-8-10-5-6-11-3-1-2-4-13(11)12(7-10)9-15(14)17/h1-9,12H,16-17H2.